The summed E-state index contributed by atoms with van der Waals surface area (Å²) in [6.45, 7) is 8.25. The lowest BCUT2D eigenvalue weighted by Gasteiger charge is -2.16. The second-order valence-electron chi connectivity index (χ2n) is 4.15. The quantitative estimate of drug-likeness (QED) is 0.725. The van der Waals surface area contributed by atoms with Crippen molar-refractivity contribution < 1.29 is 0 Å². The van der Waals surface area contributed by atoms with Crippen LogP contribution in [0.2, 0.25) is 0 Å². The molecule has 1 N–H and O–H groups in total. The number of rotatable bonds is 5. The summed E-state index contributed by atoms with van der Waals surface area (Å²) in [5, 5.41) is 3.29. The van der Waals surface area contributed by atoms with E-state index in [0.717, 1.165) is 12.8 Å². The molecule has 0 radical (unpaired) electrons. The molecule has 0 aliphatic carbocycles. The smallest absolute Gasteiger partial charge is 0.0274 e. The van der Waals surface area contributed by atoms with E-state index in [0.29, 0.717) is 6.04 Å². The van der Waals surface area contributed by atoms with Crippen LogP contribution >= 0.6 is 0 Å². The highest BCUT2D eigenvalue weighted by atomic mass is 14.9. The summed E-state index contributed by atoms with van der Waals surface area (Å²) in [4.78, 5) is 0. The topological polar surface area (TPSA) is 12.0 Å². The lowest BCUT2D eigenvalue weighted by atomic mass is 9.98. The van der Waals surface area contributed by atoms with Crippen LogP contribution in [-0.2, 0) is 6.42 Å². The molecule has 0 heterocycles. The maximum Gasteiger partial charge on any atom is 0.0274 e. The van der Waals surface area contributed by atoms with Crippen molar-refractivity contribution >= 4 is 0 Å². The molecule has 1 atom stereocenters. The Balaban J connectivity index is 2.56. The van der Waals surface area contributed by atoms with Gasteiger partial charge in [0.25, 0.3) is 0 Å². The van der Waals surface area contributed by atoms with E-state index in [1.807, 2.05) is 7.05 Å². The van der Waals surface area contributed by atoms with Gasteiger partial charge in [-0.2, -0.15) is 0 Å². The molecule has 0 saturated heterocycles. The SMILES string of the molecule is C=C(C)C(CCc1ccccc1C)NC. The fourth-order valence-corrected chi connectivity index (χ4v) is 1.83. The maximum atomic E-state index is 4.00. The van der Waals surface area contributed by atoms with Crippen LogP contribution in [0.25, 0.3) is 0 Å². The summed E-state index contributed by atoms with van der Waals surface area (Å²) in [5.74, 6) is 0. The zero-order valence-electron chi connectivity index (χ0n) is 10.0. The van der Waals surface area contributed by atoms with Crippen LogP contribution in [0.4, 0.5) is 0 Å². The standard InChI is InChI=1S/C14H21N/c1-11(2)14(15-4)10-9-13-8-6-5-7-12(13)3/h5-8,14-15H,1,9-10H2,2-4H3. The highest BCUT2D eigenvalue weighted by molar-refractivity contribution is 5.25. The molecule has 1 heteroatoms. The molecule has 1 rings (SSSR count). The molecule has 1 aromatic carbocycles. The first-order valence-corrected chi connectivity index (χ1v) is 5.52. The van der Waals surface area contributed by atoms with Gasteiger partial charge in [-0.15, -0.1) is 0 Å². The molecule has 0 aromatic heterocycles. The molecular formula is C14H21N. The summed E-state index contributed by atoms with van der Waals surface area (Å²) in [5.41, 5.74) is 4.04. The molecule has 0 bridgehead atoms. The Hall–Kier alpha value is -1.08. The predicted octanol–water partition coefficient (Wildman–Crippen LogP) is 3.09. The van der Waals surface area contributed by atoms with E-state index in [1.165, 1.54) is 16.7 Å². The van der Waals surface area contributed by atoms with Crippen molar-refractivity contribution in [3.8, 4) is 0 Å². The molecule has 1 nitrogen and oxygen atoms in total. The Bertz CT molecular complexity index is 328. The molecule has 1 aromatic rings. The molecule has 0 spiro atoms. The van der Waals surface area contributed by atoms with Crippen molar-refractivity contribution in [2.45, 2.75) is 32.7 Å². The van der Waals surface area contributed by atoms with E-state index in [1.54, 1.807) is 0 Å². The van der Waals surface area contributed by atoms with Crippen LogP contribution in [0.1, 0.15) is 24.5 Å². The van der Waals surface area contributed by atoms with E-state index in [9.17, 15) is 0 Å². The molecule has 15 heavy (non-hydrogen) atoms. The first kappa shape index (κ1) is 12.0. The van der Waals surface area contributed by atoms with Crippen molar-refractivity contribution in [2.75, 3.05) is 7.05 Å². The average molecular weight is 203 g/mol. The number of likely N-dealkylation sites (N-methyl/N-ethyl adjacent to an activating group) is 1. The molecule has 0 aliphatic rings. The summed E-state index contributed by atoms with van der Waals surface area (Å²) in [7, 11) is 2.00. The Morgan fingerprint density at radius 3 is 2.60 bits per heavy atom. The van der Waals surface area contributed by atoms with Crippen LogP contribution in [0.3, 0.4) is 0 Å². The third kappa shape index (κ3) is 3.52. The predicted molar refractivity (Wildman–Crippen MR) is 67.2 cm³/mol. The number of nitrogens with one attached hydrogen (secondary N) is 1. The fourth-order valence-electron chi connectivity index (χ4n) is 1.83. The third-order valence-electron chi connectivity index (χ3n) is 2.91. The first-order valence-electron chi connectivity index (χ1n) is 5.52. The van der Waals surface area contributed by atoms with Crippen molar-refractivity contribution in [3.63, 3.8) is 0 Å². The molecule has 82 valence electrons. The van der Waals surface area contributed by atoms with Crippen molar-refractivity contribution in [1.82, 2.24) is 5.32 Å². The van der Waals surface area contributed by atoms with Gasteiger partial charge in [-0.05, 0) is 44.9 Å². The zero-order chi connectivity index (χ0) is 11.3. The van der Waals surface area contributed by atoms with Crippen molar-refractivity contribution in [2.24, 2.45) is 0 Å². The Morgan fingerprint density at radius 1 is 1.40 bits per heavy atom. The van der Waals surface area contributed by atoms with Gasteiger partial charge in [-0.3, -0.25) is 0 Å². The molecule has 0 saturated carbocycles. The van der Waals surface area contributed by atoms with E-state index < -0.39 is 0 Å². The third-order valence-corrected chi connectivity index (χ3v) is 2.91. The molecule has 0 amide bonds. The highest BCUT2D eigenvalue weighted by Gasteiger charge is 2.07. The van der Waals surface area contributed by atoms with E-state index in [4.69, 9.17) is 0 Å². The van der Waals surface area contributed by atoms with Gasteiger partial charge >= 0.3 is 0 Å². The van der Waals surface area contributed by atoms with Gasteiger partial charge in [0.05, 0.1) is 0 Å². The summed E-state index contributed by atoms with van der Waals surface area (Å²) >= 11 is 0. The van der Waals surface area contributed by atoms with Crippen molar-refractivity contribution in [1.29, 1.82) is 0 Å². The Morgan fingerprint density at radius 2 is 2.07 bits per heavy atom. The monoisotopic (exact) mass is 203 g/mol. The minimum atomic E-state index is 0.435. The summed E-state index contributed by atoms with van der Waals surface area (Å²) in [6.07, 6.45) is 2.24. The van der Waals surface area contributed by atoms with Gasteiger partial charge in [0.15, 0.2) is 0 Å². The normalized spacial score (nSPS) is 12.5. The highest BCUT2D eigenvalue weighted by Crippen LogP contribution is 2.13. The van der Waals surface area contributed by atoms with Crippen LogP contribution in [0.15, 0.2) is 36.4 Å². The summed E-state index contributed by atoms with van der Waals surface area (Å²) < 4.78 is 0. The number of aryl methyl sites for hydroxylation is 2. The molecule has 1 unspecified atom stereocenters. The lowest BCUT2D eigenvalue weighted by Crippen LogP contribution is -2.26. The second-order valence-corrected chi connectivity index (χ2v) is 4.15. The Kier molecular flexibility index (Phi) is 4.57. The average Bonchev–Trinajstić information content (AvgIpc) is 2.21. The van der Waals surface area contributed by atoms with Gasteiger partial charge in [-0.25, -0.2) is 0 Å². The fraction of sp³-hybridized carbons (Fsp3) is 0.429. The van der Waals surface area contributed by atoms with Crippen LogP contribution in [0, 0.1) is 6.92 Å². The van der Waals surface area contributed by atoms with Gasteiger partial charge in [0.1, 0.15) is 0 Å². The number of hydrogen-bond acceptors (Lipinski definition) is 1. The Labute approximate surface area is 93.2 Å². The van der Waals surface area contributed by atoms with Crippen LogP contribution in [0.5, 0.6) is 0 Å². The van der Waals surface area contributed by atoms with Gasteiger partial charge in [0.2, 0.25) is 0 Å². The minimum Gasteiger partial charge on any atom is -0.313 e. The van der Waals surface area contributed by atoms with Crippen LogP contribution < -0.4 is 5.32 Å². The first-order chi connectivity index (χ1) is 7.15. The van der Waals surface area contributed by atoms with Crippen LogP contribution in [-0.4, -0.2) is 13.1 Å². The largest absolute Gasteiger partial charge is 0.313 e. The van der Waals surface area contributed by atoms with Crippen molar-refractivity contribution in [3.05, 3.63) is 47.5 Å². The maximum absolute atomic E-state index is 4.00. The molecule has 0 fully saturated rings. The van der Waals surface area contributed by atoms with Gasteiger partial charge in [0, 0.05) is 6.04 Å². The minimum absolute atomic E-state index is 0.435. The number of hydrogen-bond donors (Lipinski definition) is 1. The van der Waals surface area contributed by atoms with Gasteiger partial charge < -0.3 is 5.32 Å². The van der Waals surface area contributed by atoms with E-state index in [-0.39, 0.29) is 0 Å². The van der Waals surface area contributed by atoms with E-state index in [2.05, 4.69) is 50.0 Å². The van der Waals surface area contributed by atoms with Gasteiger partial charge in [-0.1, -0.05) is 36.4 Å². The zero-order valence-corrected chi connectivity index (χ0v) is 10.0. The number of benzene rings is 1. The summed E-state index contributed by atoms with van der Waals surface area (Å²) in [6, 6.07) is 9.01. The second kappa shape index (κ2) is 5.72. The molecular weight excluding hydrogens is 182 g/mol. The van der Waals surface area contributed by atoms with E-state index >= 15 is 0 Å². The lowest BCUT2D eigenvalue weighted by molar-refractivity contribution is 0.588. The molecule has 0 aliphatic heterocycles.